The van der Waals surface area contributed by atoms with Gasteiger partial charge < -0.3 is 14.9 Å². The van der Waals surface area contributed by atoms with Crippen LogP contribution in [0.3, 0.4) is 0 Å². The summed E-state index contributed by atoms with van der Waals surface area (Å²) >= 11 is 2.61. The highest BCUT2D eigenvalue weighted by Gasteiger charge is 2.30. The van der Waals surface area contributed by atoms with E-state index in [1.54, 1.807) is 29.2 Å². The maximum atomic E-state index is 12.9. The van der Waals surface area contributed by atoms with Crippen LogP contribution < -0.4 is 0 Å². The number of amides is 1. The number of carboxylic acids is 1. The maximum Gasteiger partial charge on any atom is 0.410 e. The molecule has 10 heteroatoms. The Hall–Kier alpha value is -2.43. The summed E-state index contributed by atoms with van der Waals surface area (Å²) in [5, 5.41) is 20.5. The van der Waals surface area contributed by atoms with Gasteiger partial charge in [0.15, 0.2) is 10.0 Å². The quantitative estimate of drug-likeness (QED) is 0.458. The number of aromatic carboxylic acids is 1. The molecule has 2 aromatic rings. The highest BCUT2D eigenvalue weighted by Crippen LogP contribution is 2.24. The number of aliphatic hydroxyl groups excluding tert-OH is 1. The second-order valence-electron chi connectivity index (χ2n) is 6.27. The van der Waals surface area contributed by atoms with Gasteiger partial charge in [0.05, 0.1) is 12.1 Å². The number of cyclic esters (lactones) is 1. The Kier molecular flexibility index (Phi) is 7.24. The molecule has 0 bridgehead atoms. The Balaban J connectivity index is 1.50. The lowest BCUT2D eigenvalue weighted by Crippen LogP contribution is -2.34. The Morgan fingerprint density at radius 1 is 1.45 bits per heavy atom. The molecule has 154 valence electrons. The standard InChI is InChI=1S/C19H19FN2O5S2/c20-13-3-1-12(2-4-13)9-15(23)6-5-14-10-27-19(26)22(14)7-8-28-18-21-16(11-29-18)17(24)25/h1-6,11,14-15,23H,7-10H2,(H,24,25)/t14-,15+/m0/s1. The second kappa shape index (κ2) is 9.86. The molecule has 0 spiro atoms. The van der Waals surface area contributed by atoms with Crippen molar-refractivity contribution in [2.45, 2.75) is 22.9 Å². The molecule has 1 aromatic carbocycles. The van der Waals surface area contributed by atoms with Gasteiger partial charge in [-0.15, -0.1) is 11.3 Å². The summed E-state index contributed by atoms with van der Waals surface area (Å²) < 4.78 is 18.7. The third kappa shape index (κ3) is 6.02. The van der Waals surface area contributed by atoms with Crippen molar-refractivity contribution in [2.24, 2.45) is 0 Å². The third-order valence-corrected chi connectivity index (χ3v) is 6.19. The number of aromatic nitrogens is 1. The number of thioether (sulfide) groups is 1. The minimum atomic E-state index is -1.07. The van der Waals surface area contributed by atoms with Crippen LogP contribution in [0.25, 0.3) is 0 Å². The van der Waals surface area contributed by atoms with Gasteiger partial charge >= 0.3 is 12.1 Å². The summed E-state index contributed by atoms with van der Waals surface area (Å²) in [7, 11) is 0. The van der Waals surface area contributed by atoms with Gasteiger partial charge in [0.1, 0.15) is 12.4 Å². The summed E-state index contributed by atoms with van der Waals surface area (Å²) in [5.74, 6) is -0.865. The lowest BCUT2D eigenvalue weighted by Gasteiger charge is -2.18. The number of thiazole rings is 1. The van der Waals surface area contributed by atoms with Gasteiger partial charge in [0.2, 0.25) is 0 Å². The number of hydrogen-bond donors (Lipinski definition) is 2. The van der Waals surface area contributed by atoms with E-state index in [1.807, 2.05) is 0 Å². The maximum absolute atomic E-state index is 12.9. The van der Waals surface area contributed by atoms with Crippen LogP contribution in [-0.4, -0.2) is 63.2 Å². The normalized spacial score (nSPS) is 17.7. The van der Waals surface area contributed by atoms with E-state index in [0.717, 1.165) is 5.56 Å². The molecule has 1 amide bonds. The van der Waals surface area contributed by atoms with Crippen molar-refractivity contribution in [1.29, 1.82) is 0 Å². The van der Waals surface area contributed by atoms with E-state index in [2.05, 4.69) is 4.98 Å². The first-order valence-corrected chi connectivity index (χ1v) is 10.6. The fourth-order valence-corrected chi connectivity index (χ4v) is 4.53. The SMILES string of the molecule is O=C(O)c1csc(SCCN2C(=O)OC[C@@H]2C=C[C@@H](O)Cc2ccc(F)cc2)n1. The van der Waals surface area contributed by atoms with Crippen LogP contribution >= 0.6 is 23.1 Å². The lowest BCUT2D eigenvalue weighted by atomic mass is 10.1. The molecule has 0 radical (unpaired) electrons. The van der Waals surface area contributed by atoms with Crippen LogP contribution in [0.4, 0.5) is 9.18 Å². The highest BCUT2D eigenvalue weighted by molar-refractivity contribution is 8.01. The summed E-state index contributed by atoms with van der Waals surface area (Å²) in [6.45, 7) is 0.595. The monoisotopic (exact) mass is 438 g/mol. The molecule has 29 heavy (non-hydrogen) atoms. The number of benzene rings is 1. The number of carbonyl (C=O) groups excluding carboxylic acids is 1. The van der Waals surface area contributed by atoms with Crippen molar-refractivity contribution in [2.75, 3.05) is 18.9 Å². The van der Waals surface area contributed by atoms with Crippen molar-refractivity contribution in [3.8, 4) is 0 Å². The van der Waals surface area contributed by atoms with E-state index in [0.29, 0.717) is 23.1 Å². The Morgan fingerprint density at radius 2 is 2.21 bits per heavy atom. The molecule has 1 aromatic heterocycles. The Bertz CT molecular complexity index is 887. The van der Waals surface area contributed by atoms with Crippen LogP contribution in [0, 0.1) is 5.82 Å². The topological polar surface area (TPSA) is 100.0 Å². The summed E-state index contributed by atoms with van der Waals surface area (Å²) in [4.78, 5) is 28.4. The number of carboxylic acid groups (broad SMARTS) is 1. The van der Waals surface area contributed by atoms with Crippen molar-refractivity contribution >= 4 is 35.2 Å². The number of rotatable bonds is 9. The van der Waals surface area contributed by atoms with Crippen molar-refractivity contribution < 1.29 is 28.9 Å². The van der Waals surface area contributed by atoms with Gasteiger partial charge in [-0.3, -0.25) is 4.90 Å². The molecule has 0 aliphatic carbocycles. The molecule has 3 rings (SSSR count). The molecule has 7 nitrogen and oxygen atoms in total. The largest absolute Gasteiger partial charge is 0.476 e. The number of halogens is 1. The first kappa shape index (κ1) is 21.3. The van der Waals surface area contributed by atoms with Gasteiger partial charge in [-0.1, -0.05) is 36.0 Å². The van der Waals surface area contributed by atoms with Gasteiger partial charge in [-0.05, 0) is 17.7 Å². The van der Waals surface area contributed by atoms with Crippen LogP contribution in [0.15, 0.2) is 46.1 Å². The van der Waals surface area contributed by atoms with Gasteiger partial charge in [0.25, 0.3) is 0 Å². The molecule has 0 saturated carbocycles. The predicted molar refractivity (Wildman–Crippen MR) is 107 cm³/mol. The first-order chi connectivity index (χ1) is 13.9. The number of ether oxygens (including phenoxy) is 1. The van der Waals surface area contributed by atoms with Gasteiger partial charge in [-0.25, -0.2) is 19.0 Å². The number of nitrogens with zero attached hydrogens (tertiary/aromatic N) is 2. The van der Waals surface area contributed by atoms with Crippen LogP contribution in [0.2, 0.25) is 0 Å². The predicted octanol–water partition coefficient (Wildman–Crippen LogP) is 3.05. The molecule has 1 saturated heterocycles. The van der Waals surface area contributed by atoms with E-state index in [9.17, 15) is 19.1 Å². The molecule has 1 fully saturated rings. The van der Waals surface area contributed by atoms with Crippen LogP contribution in [0.5, 0.6) is 0 Å². The summed E-state index contributed by atoms with van der Waals surface area (Å²) in [6.07, 6.45) is 2.48. The smallest absolute Gasteiger partial charge is 0.410 e. The fourth-order valence-electron chi connectivity index (χ4n) is 2.72. The fraction of sp³-hybridized carbons (Fsp3) is 0.316. The Morgan fingerprint density at radius 3 is 2.90 bits per heavy atom. The zero-order chi connectivity index (χ0) is 20.8. The molecule has 2 heterocycles. The van der Waals surface area contributed by atoms with E-state index in [1.165, 1.54) is 40.6 Å². The summed E-state index contributed by atoms with van der Waals surface area (Å²) in [5.41, 5.74) is 0.814. The van der Waals surface area contributed by atoms with Crippen molar-refractivity contribution in [3.63, 3.8) is 0 Å². The van der Waals surface area contributed by atoms with Crippen LogP contribution in [-0.2, 0) is 11.2 Å². The summed E-state index contributed by atoms with van der Waals surface area (Å²) in [6, 6.07) is 5.63. The van der Waals surface area contributed by atoms with Gasteiger partial charge in [-0.2, -0.15) is 0 Å². The highest BCUT2D eigenvalue weighted by atomic mass is 32.2. The average Bonchev–Trinajstić information content (AvgIpc) is 3.30. The van der Waals surface area contributed by atoms with E-state index in [4.69, 9.17) is 9.84 Å². The second-order valence-corrected chi connectivity index (χ2v) is 8.47. The van der Waals surface area contributed by atoms with Gasteiger partial charge in [0, 0.05) is 24.1 Å². The molecule has 1 aliphatic heterocycles. The zero-order valence-electron chi connectivity index (χ0n) is 15.2. The minimum absolute atomic E-state index is 0.00837. The van der Waals surface area contributed by atoms with E-state index >= 15 is 0 Å². The molecular formula is C19H19FN2O5S2. The Labute approximate surface area is 174 Å². The third-order valence-electron chi connectivity index (χ3n) is 4.19. The lowest BCUT2D eigenvalue weighted by molar-refractivity contribution is 0.0690. The van der Waals surface area contributed by atoms with Crippen molar-refractivity contribution in [1.82, 2.24) is 9.88 Å². The van der Waals surface area contributed by atoms with E-state index < -0.39 is 18.2 Å². The number of hydrogen-bond acceptors (Lipinski definition) is 7. The van der Waals surface area contributed by atoms with Crippen molar-refractivity contribution in [3.05, 3.63) is 58.9 Å². The number of carbonyl (C=O) groups is 2. The molecule has 2 atom stereocenters. The zero-order valence-corrected chi connectivity index (χ0v) is 16.9. The molecular weight excluding hydrogens is 419 g/mol. The van der Waals surface area contributed by atoms with Crippen LogP contribution in [0.1, 0.15) is 16.1 Å². The molecule has 0 unspecified atom stereocenters. The molecule has 2 N–H and O–H groups in total. The average molecular weight is 439 g/mol. The first-order valence-electron chi connectivity index (χ1n) is 8.78. The number of aliphatic hydroxyl groups is 1. The minimum Gasteiger partial charge on any atom is -0.476 e. The van der Waals surface area contributed by atoms with E-state index in [-0.39, 0.29) is 24.2 Å². The molecule has 1 aliphatic rings.